The molecule has 1 fully saturated rings. The molecule has 2 heterocycles. The van der Waals surface area contributed by atoms with Gasteiger partial charge in [-0.25, -0.2) is 4.79 Å². The fourth-order valence-electron chi connectivity index (χ4n) is 2.93. The number of carbonyl (C=O) groups is 1. The van der Waals surface area contributed by atoms with Crippen LogP contribution >= 0.6 is 0 Å². The summed E-state index contributed by atoms with van der Waals surface area (Å²) < 4.78 is 11.0. The molecular weight excluding hydrogens is 320 g/mol. The van der Waals surface area contributed by atoms with E-state index >= 15 is 0 Å². The van der Waals surface area contributed by atoms with Crippen LogP contribution in [-0.4, -0.2) is 53.2 Å². The maximum atomic E-state index is 12.0. The van der Waals surface area contributed by atoms with Gasteiger partial charge in [-0.15, -0.1) is 0 Å². The van der Waals surface area contributed by atoms with Crippen molar-refractivity contribution in [2.75, 3.05) is 27.2 Å². The monoisotopic (exact) mass is 344 g/mol. The highest BCUT2D eigenvalue weighted by Gasteiger charge is 2.28. The lowest BCUT2D eigenvalue weighted by Crippen LogP contribution is -2.43. The number of aromatic nitrogens is 2. The summed E-state index contributed by atoms with van der Waals surface area (Å²) in [5, 5.41) is 4.01. The van der Waals surface area contributed by atoms with Crippen LogP contribution in [0.3, 0.4) is 0 Å². The number of piperidine rings is 1. The Labute approximate surface area is 147 Å². The maximum Gasteiger partial charge on any atom is 0.319 e. The van der Waals surface area contributed by atoms with Crippen LogP contribution in [0.1, 0.15) is 36.0 Å². The van der Waals surface area contributed by atoms with E-state index in [-0.39, 0.29) is 11.9 Å². The van der Waals surface area contributed by atoms with Gasteiger partial charge in [0.15, 0.2) is 5.82 Å². The third-order valence-electron chi connectivity index (χ3n) is 4.32. The lowest BCUT2D eigenvalue weighted by atomic mass is 9.97. The van der Waals surface area contributed by atoms with Crippen molar-refractivity contribution in [1.82, 2.24) is 19.9 Å². The van der Waals surface area contributed by atoms with Gasteiger partial charge in [-0.2, -0.15) is 4.98 Å². The summed E-state index contributed by atoms with van der Waals surface area (Å²) in [5.74, 6) is 1.43. The van der Waals surface area contributed by atoms with Crippen molar-refractivity contribution in [3.05, 3.63) is 47.6 Å². The summed E-state index contributed by atoms with van der Waals surface area (Å²) in [4.78, 5) is 19.9. The lowest BCUT2D eigenvalue weighted by molar-refractivity contribution is 0.0999. The van der Waals surface area contributed by atoms with E-state index < -0.39 is 0 Å². The Morgan fingerprint density at radius 1 is 1.24 bits per heavy atom. The summed E-state index contributed by atoms with van der Waals surface area (Å²) in [5.41, 5.74) is 1.11. The minimum Gasteiger partial charge on any atom is -0.369 e. The Morgan fingerprint density at radius 3 is 2.64 bits per heavy atom. The third kappa shape index (κ3) is 4.57. The number of amides is 2. The van der Waals surface area contributed by atoms with Gasteiger partial charge in [0.25, 0.3) is 0 Å². The van der Waals surface area contributed by atoms with Gasteiger partial charge < -0.3 is 19.1 Å². The van der Waals surface area contributed by atoms with Gasteiger partial charge in [-0.05, 0) is 18.4 Å². The zero-order chi connectivity index (χ0) is 17.6. The van der Waals surface area contributed by atoms with E-state index in [2.05, 4.69) is 10.1 Å². The van der Waals surface area contributed by atoms with E-state index in [9.17, 15) is 4.79 Å². The topological polar surface area (TPSA) is 71.7 Å². The number of rotatable bonds is 5. The van der Waals surface area contributed by atoms with Crippen LogP contribution in [0.5, 0.6) is 0 Å². The normalized spacial score (nSPS) is 15.4. The molecule has 0 spiro atoms. The molecule has 7 nitrogen and oxygen atoms in total. The van der Waals surface area contributed by atoms with Crippen molar-refractivity contribution in [2.45, 2.75) is 32.0 Å². The van der Waals surface area contributed by atoms with E-state index in [1.807, 2.05) is 35.2 Å². The van der Waals surface area contributed by atoms with Crippen LogP contribution in [0, 0.1) is 0 Å². The molecule has 1 saturated heterocycles. The van der Waals surface area contributed by atoms with Gasteiger partial charge in [0, 0.05) is 33.1 Å². The predicted octanol–water partition coefficient (Wildman–Crippen LogP) is 2.65. The fourth-order valence-corrected chi connectivity index (χ4v) is 2.93. The first-order valence-corrected chi connectivity index (χ1v) is 8.54. The van der Waals surface area contributed by atoms with E-state index in [0.717, 1.165) is 18.4 Å². The highest BCUT2D eigenvalue weighted by atomic mass is 16.5. The van der Waals surface area contributed by atoms with Crippen LogP contribution < -0.4 is 0 Å². The minimum atomic E-state index is 0.0546. The lowest BCUT2D eigenvalue weighted by Gasteiger charge is -2.32. The maximum absolute atomic E-state index is 12.0. The smallest absolute Gasteiger partial charge is 0.319 e. The summed E-state index contributed by atoms with van der Waals surface area (Å²) in [6.07, 6.45) is 1.68. The number of ether oxygens (including phenoxy) is 1. The Bertz CT molecular complexity index is 679. The summed E-state index contributed by atoms with van der Waals surface area (Å²) in [6.45, 7) is 2.28. The largest absolute Gasteiger partial charge is 0.369 e. The Balaban J connectivity index is 1.46. The Hall–Kier alpha value is -2.41. The third-order valence-corrected chi connectivity index (χ3v) is 4.32. The number of likely N-dealkylation sites (tertiary alicyclic amines) is 1. The second-order valence-corrected chi connectivity index (χ2v) is 6.47. The van der Waals surface area contributed by atoms with Crippen LogP contribution in [-0.2, 0) is 18.0 Å². The number of hydrogen-bond acceptors (Lipinski definition) is 5. The molecule has 134 valence electrons. The SMILES string of the molecule is CN(C)C(=O)N1CCC(c2nc(COCc3ccccc3)no2)CC1. The molecule has 0 bridgehead atoms. The van der Waals surface area contributed by atoms with Gasteiger partial charge in [-0.1, -0.05) is 35.5 Å². The van der Waals surface area contributed by atoms with Crippen LogP contribution in [0.4, 0.5) is 4.79 Å². The molecule has 0 atom stereocenters. The summed E-state index contributed by atoms with van der Waals surface area (Å²) in [7, 11) is 3.54. The molecule has 2 aromatic rings. The molecule has 1 aromatic carbocycles. The highest BCUT2D eigenvalue weighted by Crippen LogP contribution is 2.27. The van der Waals surface area contributed by atoms with E-state index in [1.54, 1.807) is 19.0 Å². The number of carbonyl (C=O) groups excluding carboxylic acids is 1. The zero-order valence-corrected chi connectivity index (χ0v) is 14.7. The number of benzene rings is 1. The van der Waals surface area contributed by atoms with E-state index in [4.69, 9.17) is 9.26 Å². The van der Waals surface area contributed by atoms with Crippen molar-refractivity contribution >= 4 is 6.03 Å². The highest BCUT2D eigenvalue weighted by molar-refractivity contribution is 5.73. The van der Waals surface area contributed by atoms with Crippen molar-refractivity contribution in [1.29, 1.82) is 0 Å². The van der Waals surface area contributed by atoms with Crippen molar-refractivity contribution in [3.63, 3.8) is 0 Å². The second-order valence-electron chi connectivity index (χ2n) is 6.47. The fraction of sp³-hybridized carbons (Fsp3) is 0.500. The van der Waals surface area contributed by atoms with Crippen molar-refractivity contribution in [3.8, 4) is 0 Å². The van der Waals surface area contributed by atoms with E-state index in [0.29, 0.717) is 38.0 Å². The molecule has 25 heavy (non-hydrogen) atoms. The molecule has 1 aliphatic rings. The van der Waals surface area contributed by atoms with Crippen LogP contribution in [0.15, 0.2) is 34.9 Å². The molecule has 2 amide bonds. The average Bonchev–Trinajstić information content (AvgIpc) is 3.11. The van der Waals surface area contributed by atoms with Gasteiger partial charge in [0.2, 0.25) is 5.89 Å². The number of hydrogen-bond donors (Lipinski definition) is 0. The first kappa shape index (κ1) is 17.4. The van der Waals surface area contributed by atoms with Gasteiger partial charge >= 0.3 is 6.03 Å². The second kappa shape index (κ2) is 8.11. The van der Waals surface area contributed by atoms with E-state index in [1.165, 1.54) is 0 Å². The van der Waals surface area contributed by atoms with Crippen molar-refractivity contribution in [2.24, 2.45) is 0 Å². The van der Waals surface area contributed by atoms with Gasteiger partial charge in [-0.3, -0.25) is 0 Å². The Morgan fingerprint density at radius 2 is 1.96 bits per heavy atom. The molecule has 7 heteroatoms. The summed E-state index contributed by atoms with van der Waals surface area (Å²) in [6, 6.07) is 10.0. The summed E-state index contributed by atoms with van der Waals surface area (Å²) >= 11 is 0. The molecule has 0 N–H and O–H groups in total. The Kier molecular flexibility index (Phi) is 5.65. The first-order valence-electron chi connectivity index (χ1n) is 8.54. The molecule has 1 aromatic heterocycles. The van der Waals surface area contributed by atoms with Crippen LogP contribution in [0.2, 0.25) is 0 Å². The zero-order valence-electron chi connectivity index (χ0n) is 14.7. The molecular formula is C18H24N4O3. The molecule has 0 saturated carbocycles. The average molecular weight is 344 g/mol. The first-order chi connectivity index (χ1) is 12.1. The molecule has 0 radical (unpaired) electrons. The predicted molar refractivity (Wildman–Crippen MR) is 91.9 cm³/mol. The number of nitrogens with zero attached hydrogens (tertiary/aromatic N) is 4. The van der Waals surface area contributed by atoms with Crippen molar-refractivity contribution < 1.29 is 14.1 Å². The van der Waals surface area contributed by atoms with Gasteiger partial charge in [0.05, 0.1) is 6.61 Å². The quantitative estimate of drug-likeness (QED) is 0.834. The number of urea groups is 1. The van der Waals surface area contributed by atoms with Crippen LogP contribution in [0.25, 0.3) is 0 Å². The molecule has 0 aliphatic carbocycles. The minimum absolute atomic E-state index is 0.0546. The molecule has 3 rings (SSSR count). The molecule has 0 unspecified atom stereocenters. The molecule has 1 aliphatic heterocycles. The van der Waals surface area contributed by atoms with Gasteiger partial charge in [0.1, 0.15) is 6.61 Å². The standard InChI is InChI=1S/C18H24N4O3/c1-21(2)18(23)22-10-8-15(9-11-22)17-19-16(20-25-17)13-24-12-14-6-4-3-5-7-14/h3-7,15H,8-13H2,1-2H3.